The molecule has 3 aromatic carbocycles. The first kappa shape index (κ1) is 27.3. The molecule has 0 radical (unpaired) electrons. The summed E-state index contributed by atoms with van der Waals surface area (Å²) < 4.78 is 41.6. The Hall–Kier alpha value is -4.92. The number of nitrogens with one attached hydrogen (secondary N) is 1. The van der Waals surface area contributed by atoms with Gasteiger partial charge in [-0.3, -0.25) is 9.59 Å². The van der Waals surface area contributed by atoms with E-state index in [1.807, 2.05) is 6.07 Å². The summed E-state index contributed by atoms with van der Waals surface area (Å²) in [5, 5.41) is 10.4. The number of carbonyl (C=O) groups is 2. The molecule has 1 N–H and O–H groups in total. The number of carbonyl (C=O) groups excluding carboxylic acids is 2. The van der Waals surface area contributed by atoms with E-state index in [0.717, 1.165) is 18.4 Å². The molecule has 5 aromatic rings. The highest BCUT2D eigenvalue weighted by molar-refractivity contribution is 6.12. The average molecular weight is 568 g/mol. The molecule has 2 heterocycles. The van der Waals surface area contributed by atoms with Crippen molar-refractivity contribution in [1.82, 2.24) is 15.5 Å². The Morgan fingerprint density at radius 1 is 1.02 bits per heavy atom. The lowest BCUT2D eigenvalue weighted by Gasteiger charge is -2.17. The van der Waals surface area contributed by atoms with Crippen molar-refractivity contribution < 1.29 is 27.5 Å². The van der Waals surface area contributed by atoms with E-state index in [9.17, 15) is 14.0 Å². The van der Waals surface area contributed by atoms with Crippen molar-refractivity contribution in [2.24, 2.45) is 0 Å². The second kappa shape index (κ2) is 10.5. The number of nitrogens with zero attached hydrogens (tertiary/aromatic N) is 2. The Bertz CT molecular complexity index is 1850. The summed E-state index contributed by atoms with van der Waals surface area (Å²) in [4.78, 5) is 26.7. The monoisotopic (exact) mass is 567 g/mol. The number of ketones is 1. The lowest BCUT2D eigenvalue weighted by atomic mass is 9.87. The van der Waals surface area contributed by atoms with Crippen LogP contribution >= 0.6 is 0 Å². The van der Waals surface area contributed by atoms with Crippen molar-refractivity contribution >= 4 is 22.7 Å². The molecule has 0 aliphatic heterocycles. The zero-order valence-electron chi connectivity index (χ0n) is 23.3. The van der Waals surface area contributed by atoms with Crippen LogP contribution < -0.4 is 10.1 Å². The first-order valence-electron chi connectivity index (χ1n) is 13.5. The number of hydrogen-bond acceptors (Lipinski definition) is 6. The highest BCUT2D eigenvalue weighted by atomic mass is 19.1. The van der Waals surface area contributed by atoms with E-state index in [0.29, 0.717) is 28.0 Å². The molecule has 42 heavy (non-hydrogen) atoms. The number of benzene rings is 3. The summed E-state index contributed by atoms with van der Waals surface area (Å²) in [6, 6.07) is 13.8. The van der Waals surface area contributed by atoms with E-state index in [-0.39, 0.29) is 45.5 Å². The van der Waals surface area contributed by atoms with E-state index >= 15 is 4.39 Å². The molecule has 0 atom stereocenters. The second-order valence-electron chi connectivity index (χ2n) is 10.6. The third-order valence-corrected chi connectivity index (χ3v) is 8.04. The molecular weight excluding hydrogens is 540 g/mol. The smallest absolute Gasteiger partial charge is 0.255 e. The molecule has 7 nitrogen and oxygen atoms in total. The SMILES string of the molecule is CNC(=O)c1c(-c2ccc(F)cc2)oc2ccc(-c3cc(C(=O)CC4(c5ccnnc5)CC4)c(OC)cc3C)c(F)c12. The number of methoxy groups -OCH3 is 1. The molecule has 2 aromatic heterocycles. The molecule has 1 aliphatic carbocycles. The minimum absolute atomic E-state index is 0.00237. The van der Waals surface area contributed by atoms with Crippen molar-refractivity contribution in [3.8, 4) is 28.2 Å². The van der Waals surface area contributed by atoms with E-state index in [1.54, 1.807) is 43.6 Å². The molecule has 0 spiro atoms. The minimum atomic E-state index is -0.670. The van der Waals surface area contributed by atoms with Crippen LogP contribution in [0.1, 0.15) is 51.1 Å². The number of halogens is 2. The number of aromatic nitrogens is 2. The predicted octanol–water partition coefficient (Wildman–Crippen LogP) is 6.82. The van der Waals surface area contributed by atoms with Crippen molar-refractivity contribution in [3.05, 3.63) is 101 Å². The summed E-state index contributed by atoms with van der Waals surface area (Å²) in [6.07, 6.45) is 5.28. The summed E-state index contributed by atoms with van der Waals surface area (Å²) >= 11 is 0. The van der Waals surface area contributed by atoms with E-state index < -0.39 is 17.5 Å². The minimum Gasteiger partial charge on any atom is -0.496 e. The first-order chi connectivity index (χ1) is 20.3. The summed E-state index contributed by atoms with van der Waals surface area (Å²) in [5.74, 6) is -1.27. The molecule has 1 saturated carbocycles. The number of aryl methyl sites for hydroxylation is 1. The molecule has 1 fully saturated rings. The second-order valence-corrected chi connectivity index (χ2v) is 10.6. The molecule has 1 aliphatic rings. The van der Waals surface area contributed by atoms with Gasteiger partial charge in [-0.15, -0.1) is 0 Å². The molecule has 212 valence electrons. The van der Waals surface area contributed by atoms with Gasteiger partial charge in [0.25, 0.3) is 5.91 Å². The van der Waals surface area contributed by atoms with Crippen molar-refractivity contribution in [1.29, 1.82) is 0 Å². The van der Waals surface area contributed by atoms with Gasteiger partial charge < -0.3 is 14.5 Å². The molecule has 6 rings (SSSR count). The normalized spacial score (nSPS) is 13.6. The van der Waals surface area contributed by atoms with Crippen LogP contribution in [0.2, 0.25) is 0 Å². The van der Waals surface area contributed by atoms with Crippen molar-refractivity contribution in [3.63, 3.8) is 0 Å². The Balaban J connectivity index is 1.47. The Morgan fingerprint density at radius 3 is 2.43 bits per heavy atom. The largest absolute Gasteiger partial charge is 0.496 e. The van der Waals surface area contributed by atoms with E-state index in [2.05, 4.69) is 15.5 Å². The zero-order chi connectivity index (χ0) is 29.6. The van der Waals surface area contributed by atoms with Crippen LogP contribution in [-0.4, -0.2) is 36.0 Å². The van der Waals surface area contributed by atoms with Gasteiger partial charge in [0.1, 0.15) is 28.7 Å². The third-order valence-electron chi connectivity index (χ3n) is 8.04. The maximum absolute atomic E-state index is 16.5. The lowest BCUT2D eigenvalue weighted by Crippen LogP contribution is -2.18. The van der Waals surface area contributed by atoms with Gasteiger partial charge in [0.15, 0.2) is 5.78 Å². The third kappa shape index (κ3) is 4.60. The van der Waals surface area contributed by atoms with Gasteiger partial charge in [-0.1, -0.05) is 0 Å². The number of ether oxygens (including phenoxy) is 1. The van der Waals surface area contributed by atoms with Crippen molar-refractivity contribution in [2.75, 3.05) is 14.2 Å². The number of rotatable bonds is 8. The fourth-order valence-electron chi connectivity index (χ4n) is 5.59. The van der Waals surface area contributed by atoms with Crippen LogP contribution in [0, 0.1) is 18.6 Å². The van der Waals surface area contributed by atoms with Gasteiger partial charge in [-0.2, -0.15) is 10.2 Å². The number of amides is 1. The topological polar surface area (TPSA) is 94.3 Å². The summed E-state index contributed by atoms with van der Waals surface area (Å²) in [7, 11) is 2.94. The van der Waals surface area contributed by atoms with Crippen LogP contribution in [-0.2, 0) is 5.41 Å². The number of hydrogen-bond donors (Lipinski definition) is 1. The Kier molecular flexibility index (Phi) is 6.80. The predicted molar refractivity (Wildman–Crippen MR) is 154 cm³/mol. The summed E-state index contributed by atoms with van der Waals surface area (Å²) in [6.45, 7) is 1.81. The molecule has 0 saturated heterocycles. The molecule has 9 heteroatoms. The average Bonchev–Trinajstić information content (AvgIpc) is 3.68. The number of furan rings is 1. The maximum Gasteiger partial charge on any atom is 0.255 e. The Labute approximate surface area is 240 Å². The number of fused-ring (bicyclic) bond motifs is 1. The molecule has 0 unspecified atom stereocenters. The fourth-order valence-corrected chi connectivity index (χ4v) is 5.59. The van der Waals surface area contributed by atoms with Gasteiger partial charge in [0.05, 0.1) is 29.8 Å². The highest BCUT2D eigenvalue weighted by Crippen LogP contribution is 2.52. The summed E-state index contributed by atoms with van der Waals surface area (Å²) in [5.41, 5.74) is 2.98. The van der Waals surface area contributed by atoms with Gasteiger partial charge in [0, 0.05) is 36.2 Å². The molecule has 1 amide bonds. The Morgan fingerprint density at radius 2 is 1.79 bits per heavy atom. The maximum atomic E-state index is 16.5. The van der Waals surface area contributed by atoms with Crippen LogP contribution in [0.5, 0.6) is 5.75 Å². The quantitative estimate of drug-likeness (QED) is 0.207. The van der Waals surface area contributed by atoms with Gasteiger partial charge >= 0.3 is 0 Å². The van der Waals surface area contributed by atoms with Gasteiger partial charge in [-0.25, -0.2) is 8.78 Å². The molecule has 0 bridgehead atoms. The number of Topliss-reactive ketones (excluding diaryl/α,β-unsaturated/α-hetero) is 1. The van der Waals surface area contributed by atoms with E-state index in [1.165, 1.54) is 38.4 Å². The highest BCUT2D eigenvalue weighted by Gasteiger charge is 2.46. The van der Waals surface area contributed by atoms with Crippen LogP contribution in [0.25, 0.3) is 33.4 Å². The fraction of sp³-hybridized carbons (Fsp3) is 0.212. The zero-order valence-corrected chi connectivity index (χ0v) is 23.3. The van der Waals surface area contributed by atoms with Gasteiger partial charge in [0.2, 0.25) is 0 Å². The van der Waals surface area contributed by atoms with Crippen molar-refractivity contribution in [2.45, 2.75) is 31.6 Å². The van der Waals surface area contributed by atoms with Crippen LogP contribution in [0.4, 0.5) is 8.78 Å². The standard InChI is InChI=1S/C33H27F2N3O4/c1-18-14-27(41-3)24(25(39)16-33(11-12-33)20-10-13-37-38-17-20)15-23(18)22-8-9-26-28(30(22)35)29(32(40)36-2)31(42-26)19-4-6-21(34)7-5-19/h4-10,13-15,17H,11-12,16H2,1-3H3,(H,36,40). The van der Waals surface area contributed by atoms with Gasteiger partial charge in [-0.05, 0) is 91.1 Å². The van der Waals surface area contributed by atoms with Crippen LogP contribution in [0.15, 0.2) is 71.4 Å². The van der Waals surface area contributed by atoms with Crippen LogP contribution in [0.3, 0.4) is 0 Å². The van der Waals surface area contributed by atoms with E-state index in [4.69, 9.17) is 9.15 Å². The molecular formula is C33H27F2N3O4. The first-order valence-corrected chi connectivity index (χ1v) is 13.5. The lowest BCUT2D eigenvalue weighted by molar-refractivity contribution is 0.0957.